The third-order valence-electron chi connectivity index (χ3n) is 4.38. The van der Waals surface area contributed by atoms with Crippen LogP contribution in [-0.2, 0) is 9.59 Å². The number of hydrogen-bond donors (Lipinski definition) is 3. The van der Waals surface area contributed by atoms with Gasteiger partial charge in [0.2, 0.25) is 17.6 Å². The number of ether oxygens (including phenoxy) is 3. The molecule has 0 saturated carbocycles. The van der Waals surface area contributed by atoms with Crippen molar-refractivity contribution in [3.8, 4) is 17.2 Å². The highest BCUT2D eigenvalue weighted by Gasteiger charge is 2.17. The monoisotopic (exact) mass is 443 g/mol. The highest BCUT2D eigenvalue weighted by atomic mass is 16.5. The van der Waals surface area contributed by atoms with Crippen LogP contribution >= 0.6 is 0 Å². The van der Waals surface area contributed by atoms with Crippen molar-refractivity contribution in [2.24, 2.45) is 5.92 Å². The molecule has 9 nitrogen and oxygen atoms in total. The van der Waals surface area contributed by atoms with Gasteiger partial charge in [0.1, 0.15) is 0 Å². The Bertz CT molecular complexity index is 932. The van der Waals surface area contributed by atoms with E-state index in [2.05, 4.69) is 16.0 Å². The van der Waals surface area contributed by atoms with Crippen LogP contribution in [0, 0.1) is 5.92 Å². The number of carbonyl (C=O) groups excluding carboxylic acids is 3. The average Bonchev–Trinajstić information content (AvgIpc) is 2.77. The van der Waals surface area contributed by atoms with E-state index in [1.54, 1.807) is 24.3 Å². The summed E-state index contributed by atoms with van der Waals surface area (Å²) >= 11 is 0. The van der Waals surface area contributed by atoms with Gasteiger partial charge in [-0.2, -0.15) is 0 Å². The van der Waals surface area contributed by atoms with Crippen molar-refractivity contribution < 1.29 is 28.6 Å². The first-order valence-electron chi connectivity index (χ1n) is 10.0. The highest BCUT2D eigenvalue weighted by molar-refractivity contribution is 6.00. The molecule has 2 rings (SSSR count). The van der Waals surface area contributed by atoms with E-state index in [1.807, 2.05) is 13.8 Å². The molecule has 172 valence electrons. The van der Waals surface area contributed by atoms with E-state index in [-0.39, 0.29) is 23.9 Å². The zero-order valence-corrected chi connectivity index (χ0v) is 18.9. The first-order chi connectivity index (χ1) is 15.3. The van der Waals surface area contributed by atoms with Gasteiger partial charge in [0, 0.05) is 23.4 Å². The molecular weight excluding hydrogens is 414 g/mol. The Morgan fingerprint density at radius 1 is 0.812 bits per heavy atom. The molecule has 32 heavy (non-hydrogen) atoms. The molecule has 0 aliphatic rings. The zero-order valence-electron chi connectivity index (χ0n) is 18.9. The van der Waals surface area contributed by atoms with Crippen LogP contribution in [0.4, 0.5) is 11.4 Å². The van der Waals surface area contributed by atoms with Gasteiger partial charge in [0.25, 0.3) is 5.91 Å². The molecule has 9 heteroatoms. The van der Waals surface area contributed by atoms with Crippen molar-refractivity contribution in [2.45, 2.75) is 20.3 Å². The predicted molar refractivity (Wildman–Crippen MR) is 122 cm³/mol. The molecule has 0 heterocycles. The van der Waals surface area contributed by atoms with E-state index in [0.717, 1.165) is 0 Å². The Morgan fingerprint density at radius 2 is 1.31 bits per heavy atom. The Morgan fingerprint density at radius 3 is 1.75 bits per heavy atom. The lowest BCUT2D eigenvalue weighted by molar-refractivity contribution is -0.117. The lowest BCUT2D eigenvalue weighted by Crippen LogP contribution is -2.32. The topological polar surface area (TPSA) is 115 Å². The zero-order chi connectivity index (χ0) is 23.7. The molecule has 2 aromatic rings. The molecule has 3 amide bonds. The Balaban J connectivity index is 1.93. The summed E-state index contributed by atoms with van der Waals surface area (Å²) in [7, 11) is 4.37. The first kappa shape index (κ1) is 24.5. The molecule has 0 fully saturated rings. The Labute approximate surface area is 187 Å². The Hall–Kier alpha value is -3.75. The van der Waals surface area contributed by atoms with E-state index >= 15 is 0 Å². The maximum absolute atomic E-state index is 12.5. The van der Waals surface area contributed by atoms with Crippen molar-refractivity contribution in [1.29, 1.82) is 0 Å². The van der Waals surface area contributed by atoms with E-state index in [9.17, 15) is 14.4 Å². The number of amides is 3. The molecule has 0 saturated heterocycles. The van der Waals surface area contributed by atoms with Crippen molar-refractivity contribution in [1.82, 2.24) is 5.32 Å². The van der Waals surface area contributed by atoms with E-state index in [0.29, 0.717) is 35.0 Å². The van der Waals surface area contributed by atoms with Gasteiger partial charge in [0.05, 0.1) is 27.9 Å². The number of methoxy groups -OCH3 is 3. The first-order valence-corrected chi connectivity index (χ1v) is 10.0. The fourth-order valence-electron chi connectivity index (χ4n) is 2.90. The largest absolute Gasteiger partial charge is 0.493 e. The average molecular weight is 444 g/mol. The van der Waals surface area contributed by atoms with Crippen LogP contribution in [0.15, 0.2) is 36.4 Å². The van der Waals surface area contributed by atoms with Gasteiger partial charge in [0.15, 0.2) is 11.5 Å². The number of benzene rings is 2. The molecule has 0 bridgehead atoms. The van der Waals surface area contributed by atoms with Crippen molar-refractivity contribution in [3.63, 3.8) is 0 Å². The van der Waals surface area contributed by atoms with Crippen molar-refractivity contribution in [3.05, 3.63) is 42.0 Å². The van der Waals surface area contributed by atoms with Gasteiger partial charge in [-0.3, -0.25) is 14.4 Å². The second-order valence-corrected chi connectivity index (χ2v) is 7.37. The number of hydrogen-bond acceptors (Lipinski definition) is 6. The molecule has 0 spiro atoms. The molecule has 0 aromatic heterocycles. The summed E-state index contributed by atoms with van der Waals surface area (Å²) in [5, 5.41) is 8.04. The Kier molecular flexibility index (Phi) is 8.88. The van der Waals surface area contributed by atoms with Gasteiger partial charge in [-0.15, -0.1) is 0 Å². The summed E-state index contributed by atoms with van der Waals surface area (Å²) in [5.74, 6) is 0.373. The lowest BCUT2D eigenvalue weighted by atomic mass is 10.1. The number of anilines is 2. The van der Waals surface area contributed by atoms with Crippen LogP contribution < -0.4 is 30.2 Å². The van der Waals surface area contributed by atoms with Crippen LogP contribution in [0.3, 0.4) is 0 Å². The van der Waals surface area contributed by atoms with Crippen molar-refractivity contribution in [2.75, 3.05) is 38.5 Å². The molecule has 0 aliphatic heterocycles. The predicted octanol–water partition coefficient (Wildman–Crippen LogP) is 3.07. The minimum Gasteiger partial charge on any atom is -0.493 e. The quantitative estimate of drug-likeness (QED) is 0.520. The van der Waals surface area contributed by atoms with Crippen molar-refractivity contribution >= 4 is 29.1 Å². The summed E-state index contributed by atoms with van der Waals surface area (Å²) < 4.78 is 15.7. The molecule has 2 aromatic carbocycles. The van der Waals surface area contributed by atoms with E-state index in [4.69, 9.17) is 14.2 Å². The number of rotatable bonds is 10. The second-order valence-electron chi connectivity index (χ2n) is 7.37. The normalized spacial score (nSPS) is 10.3. The summed E-state index contributed by atoms with van der Waals surface area (Å²) in [5.41, 5.74) is 1.44. The maximum Gasteiger partial charge on any atom is 0.251 e. The standard InChI is InChI=1S/C23H29N3O6/c1-14(2)10-20(27)25-16-6-8-17(9-7-16)26-21(28)13-24-23(29)15-11-18(30-3)22(32-5)19(12-15)31-4/h6-9,11-12,14H,10,13H2,1-5H3,(H,24,29)(H,25,27)(H,26,28). The minimum atomic E-state index is -0.470. The lowest BCUT2D eigenvalue weighted by Gasteiger charge is -2.14. The van der Waals surface area contributed by atoms with Crippen LogP contribution in [0.25, 0.3) is 0 Å². The number of carbonyl (C=O) groups is 3. The second kappa shape index (κ2) is 11.6. The van der Waals surface area contributed by atoms with Crippen LogP contribution in [-0.4, -0.2) is 45.6 Å². The third-order valence-corrected chi connectivity index (χ3v) is 4.38. The van der Waals surface area contributed by atoms with Crippen LogP contribution in [0.1, 0.15) is 30.6 Å². The minimum absolute atomic E-state index is 0.0636. The SMILES string of the molecule is COc1cc(C(=O)NCC(=O)Nc2ccc(NC(=O)CC(C)C)cc2)cc(OC)c1OC. The number of nitrogens with one attached hydrogen (secondary N) is 3. The van der Waals surface area contributed by atoms with Gasteiger partial charge in [-0.25, -0.2) is 0 Å². The molecule has 0 radical (unpaired) electrons. The molecule has 0 atom stereocenters. The summed E-state index contributed by atoms with van der Waals surface area (Å²) in [4.78, 5) is 36.5. The van der Waals surface area contributed by atoms with Gasteiger partial charge in [-0.05, 0) is 42.3 Å². The van der Waals surface area contributed by atoms with Gasteiger partial charge >= 0.3 is 0 Å². The van der Waals surface area contributed by atoms with E-state index in [1.165, 1.54) is 33.5 Å². The van der Waals surface area contributed by atoms with Crippen LogP contribution in [0.2, 0.25) is 0 Å². The summed E-state index contributed by atoms with van der Waals surface area (Å²) in [6.45, 7) is 3.71. The van der Waals surface area contributed by atoms with Gasteiger partial charge < -0.3 is 30.2 Å². The molecule has 3 N–H and O–H groups in total. The van der Waals surface area contributed by atoms with E-state index < -0.39 is 11.8 Å². The maximum atomic E-state index is 12.5. The van der Waals surface area contributed by atoms with Crippen LogP contribution in [0.5, 0.6) is 17.2 Å². The summed E-state index contributed by atoms with van der Waals surface area (Å²) in [6.07, 6.45) is 0.435. The highest BCUT2D eigenvalue weighted by Crippen LogP contribution is 2.38. The third kappa shape index (κ3) is 6.90. The fourth-order valence-corrected chi connectivity index (χ4v) is 2.90. The molecule has 0 aliphatic carbocycles. The summed E-state index contributed by atoms with van der Waals surface area (Å²) in [6, 6.07) is 9.74. The van der Waals surface area contributed by atoms with Gasteiger partial charge in [-0.1, -0.05) is 13.8 Å². The molecule has 0 unspecified atom stereocenters. The molecular formula is C23H29N3O6. The fraction of sp³-hybridized carbons (Fsp3) is 0.348. The smallest absolute Gasteiger partial charge is 0.251 e.